The molecule has 0 aliphatic heterocycles. The summed E-state index contributed by atoms with van der Waals surface area (Å²) in [5.41, 5.74) is 0. The van der Waals surface area contributed by atoms with Gasteiger partial charge in [0.15, 0.2) is 12.2 Å². The van der Waals surface area contributed by atoms with Crippen molar-refractivity contribution in [2.45, 2.75) is 25.2 Å². The van der Waals surface area contributed by atoms with Gasteiger partial charge in [0.25, 0.3) is 20.3 Å². The SMILES string of the molecule is CC(O[N+](=O)[O-])C(O[N+](=O)[O-])C(CO[N+](=O)[O-])O[N+](=O)[O-]. The smallest absolute Gasteiger partial charge is 0.294 e. The second-order valence-corrected chi connectivity index (χ2v) is 3.21. The van der Waals surface area contributed by atoms with Gasteiger partial charge in [0.1, 0.15) is 12.7 Å². The first-order valence-corrected chi connectivity index (χ1v) is 4.84. The van der Waals surface area contributed by atoms with E-state index in [0.29, 0.717) is 0 Å². The van der Waals surface area contributed by atoms with Gasteiger partial charge in [0, 0.05) is 0 Å². The molecule has 0 aliphatic rings. The van der Waals surface area contributed by atoms with Crippen LogP contribution in [0.3, 0.4) is 0 Å². The van der Waals surface area contributed by atoms with Crippen LogP contribution in [-0.2, 0) is 19.4 Å². The summed E-state index contributed by atoms with van der Waals surface area (Å²) in [6.45, 7) is -0.253. The van der Waals surface area contributed by atoms with Crippen molar-refractivity contribution < 1.29 is 39.7 Å². The van der Waals surface area contributed by atoms with E-state index in [-0.39, 0.29) is 0 Å². The molecule has 0 aromatic heterocycles. The van der Waals surface area contributed by atoms with Gasteiger partial charge in [-0.2, -0.15) is 0 Å². The maximum Gasteiger partial charge on any atom is 0.294 e. The lowest BCUT2D eigenvalue weighted by molar-refractivity contribution is -0.822. The Balaban J connectivity index is 5.12. The lowest BCUT2D eigenvalue weighted by Gasteiger charge is -2.26. The molecule has 3 atom stereocenters. The molecular weight excluding hydrogens is 308 g/mol. The van der Waals surface area contributed by atoms with Gasteiger partial charge in [-0.3, -0.25) is 0 Å². The van der Waals surface area contributed by atoms with Crippen LogP contribution >= 0.6 is 0 Å². The molecule has 0 aromatic carbocycles. The van der Waals surface area contributed by atoms with Crippen molar-refractivity contribution in [1.82, 2.24) is 0 Å². The summed E-state index contributed by atoms with van der Waals surface area (Å²) in [4.78, 5) is 56.3. The summed E-state index contributed by atoms with van der Waals surface area (Å²) >= 11 is 0. The fourth-order valence-corrected chi connectivity index (χ4v) is 1.18. The zero-order chi connectivity index (χ0) is 16.6. The third kappa shape index (κ3) is 7.74. The highest BCUT2D eigenvalue weighted by molar-refractivity contribution is 4.74. The zero-order valence-corrected chi connectivity index (χ0v) is 10.1. The molecule has 0 saturated heterocycles. The quantitative estimate of drug-likeness (QED) is 0.330. The van der Waals surface area contributed by atoms with Gasteiger partial charge in [-0.15, -0.1) is 40.5 Å². The Labute approximate surface area is 113 Å². The minimum absolute atomic E-state index is 0.902. The predicted octanol–water partition coefficient (Wildman–Crippen LogP) is -1.05. The molecule has 0 radical (unpaired) electrons. The second kappa shape index (κ2) is 8.07. The molecule has 16 heteroatoms. The molecule has 0 heterocycles. The molecule has 0 bridgehead atoms. The van der Waals surface area contributed by atoms with Crippen molar-refractivity contribution in [2.24, 2.45) is 0 Å². The van der Waals surface area contributed by atoms with Crippen molar-refractivity contribution in [3.05, 3.63) is 40.5 Å². The van der Waals surface area contributed by atoms with Gasteiger partial charge in [-0.1, -0.05) is 0 Å². The summed E-state index contributed by atoms with van der Waals surface area (Å²) in [5, 5.41) is 35.2. The third-order valence-corrected chi connectivity index (χ3v) is 1.85. The first-order valence-electron chi connectivity index (χ1n) is 4.84. The van der Waals surface area contributed by atoms with Gasteiger partial charge in [-0.25, -0.2) is 0 Å². The number of nitrogens with zero attached hydrogens (tertiary/aromatic N) is 4. The first kappa shape index (κ1) is 17.8. The molecule has 0 amide bonds. The van der Waals surface area contributed by atoms with E-state index in [1.807, 2.05) is 0 Å². The Kier molecular flexibility index (Phi) is 6.84. The lowest BCUT2D eigenvalue weighted by Crippen LogP contribution is -2.46. The van der Waals surface area contributed by atoms with Crippen LogP contribution in [0.4, 0.5) is 0 Å². The Bertz CT molecular complexity index is 412. The van der Waals surface area contributed by atoms with E-state index in [1.165, 1.54) is 0 Å². The summed E-state index contributed by atoms with van der Waals surface area (Å²) in [7, 11) is 0. The van der Waals surface area contributed by atoms with Crippen LogP contribution in [0.1, 0.15) is 6.92 Å². The first-order chi connectivity index (χ1) is 9.63. The Hall–Kier alpha value is -3.20. The van der Waals surface area contributed by atoms with E-state index in [1.54, 1.807) is 0 Å². The summed E-state index contributed by atoms with van der Waals surface area (Å²) in [5.74, 6) is 0. The van der Waals surface area contributed by atoms with E-state index < -0.39 is 45.3 Å². The van der Waals surface area contributed by atoms with E-state index in [4.69, 9.17) is 0 Å². The average Bonchev–Trinajstić information content (AvgIpc) is 2.29. The van der Waals surface area contributed by atoms with Crippen LogP contribution in [0.25, 0.3) is 0 Å². The maximum atomic E-state index is 10.3. The van der Waals surface area contributed by atoms with Crippen molar-refractivity contribution in [3.8, 4) is 0 Å². The predicted molar refractivity (Wildman–Crippen MR) is 54.2 cm³/mol. The normalized spacial score (nSPS) is 14.1. The van der Waals surface area contributed by atoms with Gasteiger partial charge < -0.3 is 19.4 Å². The van der Waals surface area contributed by atoms with E-state index >= 15 is 0 Å². The summed E-state index contributed by atoms with van der Waals surface area (Å²) < 4.78 is 0. The number of hydrogen-bond acceptors (Lipinski definition) is 12. The molecule has 21 heavy (non-hydrogen) atoms. The standard InChI is InChI=1S/C5H8N4O12/c1-3(19-7(12)13)5(21-9(16)17)4(20-8(14)15)2-18-6(10)11/h3-5H,2H2,1H3. The Morgan fingerprint density at radius 2 is 1.29 bits per heavy atom. The van der Waals surface area contributed by atoms with Crippen LogP contribution in [0, 0.1) is 40.5 Å². The average molecular weight is 316 g/mol. The van der Waals surface area contributed by atoms with Crippen molar-refractivity contribution in [2.75, 3.05) is 6.61 Å². The van der Waals surface area contributed by atoms with E-state index in [9.17, 15) is 40.5 Å². The zero-order valence-electron chi connectivity index (χ0n) is 10.1. The van der Waals surface area contributed by atoms with Crippen LogP contribution in [-0.4, -0.2) is 45.3 Å². The molecular formula is C5H8N4O12. The Morgan fingerprint density at radius 3 is 1.67 bits per heavy atom. The number of hydrogen-bond donors (Lipinski definition) is 0. The molecule has 0 aliphatic carbocycles. The van der Waals surface area contributed by atoms with Gasteiger partial charge in [-0.05, 0) is 6.92 Å². The summed E-state index contributed by atoms with van der Waals surface area (Å²) in [6, 6.07) is 0. The molecule has 3 unspecified atom stereocenters. The van der Waals surface area contributed by atoms with Crippen molar-refractivity contribution in [3.63, 3.8) is 0 Å². The third-order valence-electron chi connectivity index (χ3n) is 1.85. The second-order valence-electron chi connectivity index (χ2n) is 3.21. The highest BCUT2D eigenvalue weighted by Crippen LogP contribution is 2.14. The molecule has 0 rings (SSSR count). The highest BCUT2D eigenvalue weighted by Gasteiger charge is 2.36. The minimum atomic E-state index is -2.03. The van der Waals surface area contributed by atoms with E-state index in [0.717, 1.165) is 6.92 Å². The monoisotopic (exact) mass is 316 g/mol. The fraction of sp³-hybridized carbons (Fsp3) is 1.00. The van der Waals surface area contributed by atoms with Crippen LogP contribution in [0.15, 0.2) is 0 Å². The van der Waals surface area contributed by atoms with Crippen molar-refractivity contribution in [1.29, 1.82) is 0 Å². The molecule has 0 fully saturated rings. The van der Waals surface area contributed by atoms with Gasteiger partial charge in [0.2, 0.25) is 0 Å². The van der Waals surface area contributed by atoms with Gasteiger partial charge in [0.05, 0.1) is 0 Å². The molecule has 0 saturated carbocycles. The van der Waals surface area contributed by atoms with E-state index in [2.05, 4.69) is 19.4 Å². The van der Waals surface area contributed by atoms with Crippen molar-refractivity contribution >= 4 is 0 Å². The Morgan fingerprint density at radius 1 is 0.810 bits per heavy atom. The molecule has 0 N–H and O–H groups in total. The fourth-order valence-electron chi connectivity index (χ4n) is 1.18. The molecule has 0 spiro atoms. The summed E-state index contributed by atoms with van der Waals surface area (Å²) in [6.07, 6.45) is -5.77. The molecule has 16 nitrogen and oxygen atoms in total. The van der Waals surface area contributed by atoms with Crippen LogP contribution in [0.5, 0.6) is 0 Å². The maximum absolute atomic E-state index is 10.3. The van der Waals surface area contributed by atoms with Crippen LogP contribution < -0.4 is 0 Å². The van der Waals surface area contributed by atoms with Gasteiger partial charge >= 0.3 is 0 Å². The topological polar surface area (TPSA) is 209 Å². The molecule has 120 valence electrons. The largest absolute Gasteiger partial charge is 0.311 e. The number of rotatable bonds is 11. The molecule has 0 aromatic rings. The highest BCUT2D eigenvalue weighted by atomic mass is 17.0. The minimum Gasteiger partial charge on any atom is -0.311 e. The van der Waals surface area contributed by atoms with Crippen LogP contribution in [0.2, 0.25) is 0 Å². The lowest BCUT2D eigenvalue weighted by atomic mass is 10.1.